The van der Waals surface area contributed by atoms with Crippen molar-refractivity contribution >= 4 is 35.1 Å². The van der Waals surface area contributed by atoms with E-state index in [4.69, 9.17) is 30.5 Å². The highest BCUT2D eigenvalue weighted by Gasteiger charge is 2.41. The average molecular weight is 601 g/mol. The molecule has 0 N–H and O–H groups in total. The zero-order valence-electron chi connectivity index (χ0n) is 25.3. The zero-order valence-corrected chi connectivity index (χ0v) is 26.0. The zero-order chi connectivity index (χ0) is 30.6. The van der Waals surface area contributed by atoms with E-state index in [9.17, 15) is 14.4 Å². The topological polar surface area (TPSA) is 94.6 Å². The van der Waals surface area contributed by atoms with Crippen LogP contribution in [0.15, 0.2) is 36.4 Å². The molecule has 0 spiro atoms. The van der Waals surface area contributed by atoms with Crippen LogP contribution < -0.4 is 14.4 Å². The molecule has 2 amide bonds. The number of esters is 1. The third-order valence-electron chi connectivity index (χ3n) is 7.76. The van der Waals surface area contributed by atoms with Gasteiger partial charge >= 0.3 is 5.97 Å². The van der Waals surface area contributed by atoms with Gasteiger partial charge in [0, 0.05) is 47.9 Å². The molecule has 2 aliphatic rings. The Balaban J connectivity index is 1.70. The number of rotatable bonds is 8. The monoisotopic (exact) mass is 600 g/mol. The van der Waals surface area contributed by atoms with E-state index in [0.29, 0.717) is 72.2 Å². The minimum Gasteiger partial charge on any atom is -0.493 e. The number of hydrogen-bond acceptors (Lipinski definition) is 7. The second-order valence-electron chi connectivity index (χ2n) is 12.1. The number of likely N-dealkylation sites (tertiary alicyclic amines) is 1. The Hall–Kier alpha value is -3.30. The van der Waals surface area contributed by atoms with E-state index in [-0.39, 0.29) is 35.5 Å². The molecule has 1 fully saturated rings. The maximum Gasteiger partial charge on any atom is 0.305 e. The van der Waals surface area contributed by atoms with Gasteiger partial charge in [-0.1, -0.05) is 44.5 Å². The van der Waals surface area contributed by atoms with Crippen LogP contribution in [0, 0.1) is 11.3 Å². The summed E-state index contributed by atoms with van der Waals surface area (Å²) in [5.41, 5.74) is 1.79. The first-order chi connectivity index (χ1) is 19.9. The molecule has 0 aliphatic carbocycles. The molecule has 10 heteroatoms. The quantitative estimate of drug-likeness (QED) is 0.374. The number of para-hydroxylation sites is 1. The fourth-order valence-corrected chi connectivity index (χ4v) is 5.88. The van der Waals surface area contributed by atoms with E-state index < -0.39 is 12.2 Å². The van der Waals surface area contributed by atoms with Gasteiger partial charge in [-0.3, -0.25) is 14.4 Å². The summed E-state index contributed by atoms with van der Waals surface area (Å²) >= 11 is 6.50. The number of methoxy groups -OCH3 is 3. The van der Waals surface area contributed by atoms with Crippen LogP contribution in [0.5, 0.6) is 11.5 Å². The average Bonchev–Trinajstić information content (AvgIpc) is 3.06. The minimum atomic E-state index is -1.06. The van der Waals surface area contributed by atoms with Crippen molar-refractivity contribution in [3.8, 4) is 11.5 Å². The smallest absolute Gasteiger partial charge is 0.305 e. The molecule has 228 valence electrons. The van der Waals surface area contributed by atoms with Crippen molar-refractivity contribution in [1.29, 1.82) is 0 Å². The highest BCUT2D eigenvalue weighted by atomic mass is 35.5. The Morgan fingerprint density at radius 3 is 2.33 bits per heavy atom. The van der Waals surface area contributed by atoms with Gasteiger partial charge in [0.15, 0.2) is 11.5 Å². The number of ether oxygens (including phenoxy) is 4. The second kappa shape index (κ2) is 13.3. The van der Waals surface area contributed by atoms with Gasteiger partial charge in [0.25, 0.3) is 5.91 Å². The van der Waals surface area contributed by atoms with Crippen LogP contribution >= 0.6 is 11.6 Å². The molecule has 42 heavy (non-hydrogen) atoms. The van der Waals surface area contributed by atoms with Crippen molar-refractivity contribution in [3.05, 3.63) is 52.5 Å². The number of carbonyl (C=O) groups excluding carboxylic acids is 3. The van der Waals surface area contributed by atoms with Gasteiger partial charge in [-0.2, -0.15) is 0 Å². The van der Waals surface area contributed by atoms with Crippen molar-refractivity contribution in [2.24, 2.45) is 11.3 Å². The number of anilines is 1. The first-order valence-corrected chi connectivity index (χ1v) is 14.6. The minimum absolute atomic E-state index is 0.119. The first-order valence-electron chi connectivity index (χ1n) is 14.3. The van der Waals surface area contributed by atoms with Crippen molar-refractivity contribution in [2.75, 3.05) is 45.9 Å². The molecule has 4 rings (SSSR count). The van der Waals surface area contributed by atoms with Gasteiger partial charge in [0.2, 0.25) is 5.91 Å². The molecule has 1 saturated heterocycles. The van der Waals surface area contributed by atoms with Crippen molar-refractivity contribution in [3.63, 3.8) is 0 Å². The van der Waals surface area contributed by atoms with Gasteiger partial charge in [-0.25, -0.2) is 0 Å². The summed E-state index contributed by atoms with van der Waals surface area (Å²) in [5.74, 6) is 0.475. The van der Waals surface area contributed by atoms with Gasteiger partial charge < -0.3 is 28.7 Å². The Labute approximate surface area is 253 Å². The largest absolute Gasteiger partial charge is 0.493 e. The number of benzene rings is 2. The lowest BCUT2D eigenvalue weighted by atomic mass is 9.93. The van der Waals surface area contributed by atoms with Crippen LogP contribution in [-0.2, 0) is 23.9 Å². The Morgan fingerprint density at radius 2 is 1.71 bits per heavy atom. The van der Waals surface area contributed by atoms with Gasteiger partial charge in [-0.05, 0) is 48.4 Å². The number of nitrogens with zero attached hydrogens (tertiary/aromatic N) is 2. The van der Waals surface area contributed by atoms with Gasteiger partial charge in [0.1, 0.15) is 12.2 Å². The third kappa shape index (κ3) is 7.18. The highest BCUT2D eigenvalue weighted by Crippen LogP contribution is 2.45. The van der Waals surface area contributed by atoms with E-state index in [1.807, 2.05) is 18.2 Å². The molecule has 0 bridgehead atoms. The maximum atomic E-state index is 14.2. The van der Waals surface area contributed by atoms with E-state index in [1.165, 1.54) is 7.11 Å². The fourth-order valence-electron chi connectivity index (χ4n) is 5.69. The number of carbonyl (C=O) groups is 3. The van der Waals surface area contributed by atoms with E-state index in [1.54, 1.807) is 42.2 Å². The first kappa shape index (κ1) is 31.6. The lowest BCUT2D eigenvalue weighted by Crippen LogP contribution is -2.46. The molecule has 0 aromatic heterocycles. The molecule has 2 heterocycles. The van der Waals surface area contributed by atoms with Crippen LogP contribution in [-0.4, -0.2) is 69.8 Å². The number of piperidine rings is 1. The Morgan fingerprint density at radius 1 is 1.00 bits per heavy atom. The molecule has 0 unspecified atom stereocenters. The van der Waals surface area contributed by atoms with Crippen molar-refractivity contribution in [2.45, 2.75) is 58.7 Å². The van der Waals surface area contributed by atoms with E-state index in [0.717, 1.165) is 0 Å². The second-order valence-corrected chi connectivity index (χ2v) is 12.5. The summed E-state index contributed by atoms with van der Waals surface area (Å²) in [4.78, 5) is 43.1. The summed E-state index contributed by atoms with van der Waals surface area (Å²) in [6.07, 6.45) is -0.198. The van der Waals surface area contributed by atoms with Crippen LogP contribution in [0.25, 0.3) is 0 Å². The number of hydrogen-bond donors (Lipinski definition) is 0. The number of fused-ring (bicyclic) bond motifs is 1. The predicted octanol–water partition coefficient (Wildman–Crippen LogP) is 5.42. The summed E-state index contributed by atoms with van der Waals surface area (Å²) in [7, 11) is 4.50. The van der Waals surface area contributed by atoms with E-state index >= 15 is 0 Å². The van der Waals surface area contributed by atoms with Crippen LogP contribution in [0.1, 0.15) is 63.7 Å². The predicted molar refractivity (Wildman–Crippen MR) is 160 cm³/mol. The van der Waals surface area contributed by atoms with Crippen LogP contribution in [0.4, 0.5) is 5.69 Å². The summed E-state index contributed by atoms with van der Waals surface area (Å²) < 4.78 is 22.7. The lowest BCUT2D eigenvalue weighted by Gasteiger charge is -2.34. The van der Waals surface area contributed by atoms with Crippen molar-refractivity contribution in [1.82, 2.24) is 4.90 Å². The number of amides is 2. The summed E-state index contributed by atoms with van der Waals surface area (Å²) in [5, 5.41) is 0.497. The summed E-state index contributed by atoms with van der Waals surface area (Å²) in [6.45, 7) is 7.61. The molecule has 2 atom stereocenters. The normalized spacial score (nSPS) is 19.6. The fraction of sp³-hybridized carbons (Fsp3) is 0.531. The SMILES string of the molecule is COC(=O)CC1CCN(C(=O)C[C@H]2O[C@H](c3cccc(OC)c3OC)c3cc(Cl)ccc3N(CC(C)(C)C)C2=O)CC1. The highest BCUT2D eigenvalue weighted by molar-refractivity contribution is 6.30. The van der Waals surface area contributed by atoms with Crippen LogP contribution in [0.2, 0.25) is 5.02 Å². The lowest BCUT2D eigenvalue weighted by molar-refractivity contribution is -0.145. The standard InChI is InChI=1S/C32H41ClN2O7/c1-32(2,3)19-35-24-11-10-21(33)17-23(24)29(22-8-7-9-25(39-4)30(22)41-6)42-26(31(35)38)18-27(36)34-14-12-20(13-15-34)16-28(37)40-5/h7-11,17,20,26,29H,12-16,18-19H2,1-6H3/t26-,29-/m1/s1. The Bertz CT molecular complexity index is 1300. The third-order valence-corrected chi connectivity index (χ3v) is 8.00. The van der Waals surface area contributed by atoms with Gasteiger partial charge in [0.05, 0.1) is 27.8 Å². The molecular weight excluding hydrogens is 560 g/mol. The van der Waals surface area contributed by atoms with Gasteiger partial charge in [-0.15, -0.1) is 0 Å². The van der Waals surface area contributed by atoms with E-state index in [2.05, 4.69) is 20.8 Å². The van der Waals surface area contributed by atoms with Crippen molar-refractivity contribution < 1.29 is 33.3 Å². The Kier molecular flexibility index (Phi) is 10.0. The molecular formula is C32H41ClN2O7. The maximum absolute atomic E-state index is 14.2. The molecule has 0 saturated carbocycles. The molecule has 2 aromatic carbocycles. The summed E-state index contributed by atoms with van der Waals surface area (Å²) in [6, 6.07) is 10.9. The molecule has 2 aliphatic heterocycles. The van der Waals surface area contributed by atoms with Crippen LogP contribution in [0.3, 0.4) is 0 Å². The number of halogens is 1. The molecule has 0 radical (unpaired) electrons. The molecule has 9 nitrogen and oxygen atoms in total. The molecule has 2 aromatic rings.